The maximum Gasteiger partial charge on any atom is 0.416 e. The molecule has 0 unspecified atom stereocenters. The van der Waals surface area contributed by atoms with Gasteiger partial charge in [-0.3, -0.25) is 19.0 Å². The van der Waals surface area contributed by atoms with Crippen LogP contribution in [0.1, 0.15) is 59.7 Å². The Morgan fingerprint density at radius 3 is 2.58 bits per heavy atom. The van der Waals surface area contributed by atoms with Gasteiger partial charge < -0.3 is 10.2 Å². The molecule has 0 aliphatic carbocycles. The SMILES string of the molecule is CC#CC(=O)N1CCCC[C@H]1c1nc(-c2ccc(C(=O)Nc3cc(C(F)(F)F)ccn3)cc2)c2c(C)nccn12. The second-order valence-electron chi connectivity index (χ2n) is 9.39. The minimum Gasteiger partial charge on any atom is -0.322 e. The van der Waals surface area contributed by atoms with Crippen molar-refractivity contribution in [1.82, 2.24) is 24.3 Å². The number of carbonyl (C=O) groups excluding carboxylic acids is 2. The highest BCUT2D eigenvalue weighted by Crippen LogP contribution is 2.35. The molecule has 1 atom stereocenters. The number of pyridine rings is 1. The highest BCUT2D eigenvalue weighted by molar-refractivity contribution is 6.04. The van der Waals surface area contributed by atoms with Gasteiger partial charge in [-0.25, -0.2) is 9.97 Å². The molecular formula is C29H25F3N6O2. The summed E-state index contributed by atoms with van der Waals surface area (Å²) in [7, 11) is 0. The summed E-state index contributed by atoms with van der Waals surface area (Å²) in [6.07, 6.45) is 2.55. The van der Waals surface area contributed by atoms with Gasteiger partial charge in [0.15, 0.2) is 0 Å². The third-order valence-corrected chi connectivity index (χ3v) is 6.81. The maximum absolute atomic E-state index is 13.0. The van der Waals surface area contributed by atoms with E-state index < -0.39 is 17.6 Å². The third kappa shape index (κ3) is 5.25. The average Bonchev–Trinajstić information content (AvgIpc) is 3.34. The van der Waals surface area contributed by atoms with E-state index >= 15 is 0 Å². The fraction of sp³-hybridized carbons (Fsp3) is 0.276. The first-order chi connectivity index (χ1) is 19.2. The zero-order valence-corrected chi connectivity index (χ0v) is 21.8. The first-order valence-corrected chi connectivity index (χ1v) is 12.7. The second kappa shape index (κ2) is 10.8. The number of halogens is 3. The summed E-state index contributed by atoms with van der Waals surface area (Å²) in [5.74, 6) is 5.01. The molecular weight excluding hydrogens is 521 g/mol. The highest BCUT2D eigenvalue weighted by Gasteiger charge is 2.32. The number of amides is 2. The lowest BCUT2D eigenvalue weighted by molar-refractivity contribution is -0.137. The van der Waals surface area contributed by atoms with Crippen molar-refractivity contribution in [2.45, 2.75) is 45.3 Å². The summed E-state index contributed by atoms with van der Waals surface area (Å²) in [6, 6.07) is 7.95. The number of likely N-dealkylation sites (tertiary alicyclic amines) is 1. The predicted molar refractivity (Wildman–Crippen MR) is 142 cm³/mol. The zero-order chi connectivity index (χ0) is 28.4. The molecule has 3 aromatic heterocycles. The normalized spacial score (nSPS) is 15.4. The Kier molecular flexibility index (Phi) is 7.26. The van der Waals surface area contributed by atoms with E-state index in [2.05, 4.69) is 27.1 Å². The Bertz CT molecular complexity index is 1650. The minimum atomic E-state index is -4.55. The van der Waals surface area contributed by atoms with Gasteiger partial charge in [-0.15, -0.1) is 0 Å². The Balaban J connectivity index is 1.47. The number of imidazole rings is 1. The van der Waals surface area contributed by atoms with Crippen molar-refractivity contribution in [3.05, 3.63) is 77.6 Å². The minimum absolute atomic E-state index is 0.199. The molecule has 1 aliphatic rings. The van der Waals surface area contributed by atoms with E-state index in [1.165, 1.54) is 0 Å². The van der Waals surface area contributed by atoms with Crippen molar-refractivity contribution in [2.75, 3.05) is 11.9 Å². The zero-order valence-electron chi connectivity index (χ0n) is 21.8. The molecule has 4 heterocycles. The Hall–Kier alpha value is -4.72. The molecule has 204 valence electrons. The number of aromatic nitrogens is 4. The summed E-state index contributed by atoms with van der Waals surface area (Å²) in [6.45, 7) is 4.10. The van der Waals surface area contributed by atoms with Gasteiger partial charge in [0.05, 0.1) is 28.5 Å². The molecule has 1 fully saturated rings. The lowest BCUT2D eigenvalue weighted by Crippen LogP contribution is -2.38. The molecule has 2 amide bonds. The number of nitrogens with zero attached hydrogens (tertiary/aromatic N) is 5. The van der Waals surface area contributed by atoms with Crippen LogP contribution < -0.4 is 5.32 Å². The molecule has 4 aromatic rings. The lowest BCUT2D eigenvalue weighted by Gasteiger charge is -2.33. The van der Waals surface area contributed by atoms with Gasteiger partial charge in [0.2, 0.25) is 0 Å². The maximum atomic E-state index is 13.0. The van der Waals surface area contributed by atoms with Crippen LogP contribution in [0.3, 0.4) is 0 Å². The van der Waals surface area contributed by atoms with Gasteiger partial charge in [-0.2, -0.15) is 13.2 Å². The van der Waals surface area contributed by atoms with E-state index in [1.54, 1.807) is 42.3 Å². The van der Waals surface area contributed by atoms with Crippen molar-refractivity contribution in [3.8, 4) is 23.1 Å². The summed E-state index contributed by atoms with van der Waals surface area (Å²) in [5, 5.41) is 2.41. The molecule has 0 saturated carbocycles. The summed E-state index contributed by atoms with van der Waals surface area (Å²) in [4.78, 5) is 40.5. The van der Waals surface area contributed by atoms with E-state index in [1.807, 2.05) is 17.5 Å². The molecule has 1 aliphatic heterocycles. The topological polar surface area (TPSA) is 92.5 Å². The van der Waals surface area contributed by atoms with Crippen LogP contribution in [0.25, 0.3) is 16.8 Å². The van der Waals surface area contributed by atoms with Gasteiger partial charge in [-0.1, -0.05) is 18.1 Å². The van der Waals surface area contributed by atoms with Gasteiger partial charge in [0.1, 0.15) is 11.6 Å². The van der Waals surface area contributed by atoms with Crippen LogP contribution in [-0.2, 0) is 11.0 Å². The number of hydrogen-bond acceptors (Lipinski definition) is 5. The van der Waals surface area contributed by atoms with Crippen LogP contribution >= 0.6 is 0 Å². The van der Waals surface area contributed by atoms with Crippen LogP contribution in [0, 0.1) is 18.8 Å². The summed E-state index contributed by atoms with van der Waals surface area (Å²) in [5.41, 5.74) is 2.23. The summed E-state index contributed by atoms with van der Waals surface area (Å²) >= 11 is 0. The first kappa shape index (κ1) is 26.9. The fourth-order valence-corrected chi connectivity index (χ4v) is 4.92. The van der Waals surface area contributed by atoms with Crippen LogP contribution in [-0.4, -0.2) is 42.6 Å². The number of fused-ring (bicyclic) bond motifs is 1. The van der Waals surface area contributed by atoms with Crippen molar-refractivity contribution in [3.63, 3.8) is 0 Å². The van der Waals surface area contributed by atoms with E-state index in [-0.39, 0.29) is 23.3 Å². The highest BCUT2D eigenvalue weighted by atomic mass is 19.4. The number of aryl methyl sites for hydroxylation is 1. The van der Waals surface area contributed by atoms with Crippen molar-refractivity contribution in [2.24, 2.45) is 0 Å². The molecule has 8 nitrogen and oxygen atoms in total. The quantitative estimate of drug-likeness (QED) is 0.344. The molecule has 0 spiro atoms. The molecule has 5 rings (SSSR count). The summed E-state index contributed by atoms with van der Waals surface area (Å²) < 4.78 is 41.0. The van der Waals surface area contributed by atoms with E-state index in [0.717, 1.165) is 54.4 Å². The molecule has 1 saturated heterocycles. The molecule has 0 bridgehead atoms. The molecule has 40 heavy (non-hydrogen) atoms. The largest absolute Gasteiger partial charge is 0.416 e. The number of benzene rings is 1. The number of carbonyl (C=O) groups is 2. The van der Waals surface area contributed by atoms with Crippen molar-refractivity contribution < 1.29 is 22.8 Å². The smallest absolute Gasteiger partial charge is 0.322 e. The number of alkyl halides is 3. The monoisotopic (exact) mass is 546 g/mol. The van der Waals surface area contributed by atoms with E-state index in [4.69, 9.17) is 4.98 Å². The number of piperidine rings is 1. The number of anilines is 1. The van der Waals surface area contributed by atoms with Gasteiger partial charge in [-0.05, 0) is 63.3 Å². The Labute approximate surface area is 228 Å². The van der Waals surface area contributed by atoms with Gasteiger partial charge in [0, 0.05) is 36.3 Å². The van der Waals surface area contributed by atoms with Crippen LogP contribution in [0.15, 0.2) is 55.0 Å². The van der Waals surface area contributed by atoms with E-state index in [0.29, 0.717) is 18.1 Å². The Morgan fingerprint density at radius 1 is 1.07 bits per heavy atom. The third-order valence-electron chi connectivity index (χ3n) is 6.81. The number of hydrogen-bond donors (Lipinski definition) is 1. The van der Waals surface area contributed by atoms with Crippen molar-refractivity contribution in [1.29, 1.82) is 0 Å². The molecule has 11 heteroatoms. The predicted octanol–water partition coefficient (Wildman–Crippen LogP) is 5.45. The number of rotatable bonds is 4. The standard InChI is InChI=1S/C29H25F3N6O2/c1-3-6-24(39)37-15-5-4-7-22(37)27-36-25(26-18(2)33-14-16-38(26)27)19-8-10-20(11-9-19)28(40)35-23-17-21(12-13-34-23)29(30,31)32/h8-14,16-17,22H,4-5,7,15H2,1-2H3,(H,34,35,40)/t22-/m0/s1. The molecule has 1 N–H and O–H groups in total. The van der Waals surface area contributed by atoms with E-state index in [9.17, 15) is 22.8 Å². The Morgan fingerprint density at radius 2 is 1.85 bits per heavy atom. The number of nitrogens with one attached hydrogen (secondary N) is 1. The van der Waals surface area contributed by atoms with Crippen LogP contribution in [0.4, 0.5) is 19.0 Å². The fourth-order valence-electron chi connectivity index (χ4n) is 4.92. The second-order valence-corrected chi connectivity index (χ2v) is 9.39. The molecule has 1 aromatic carbocycles. The average molecular weight is 547 g/mol. The lowest BCUT2D eigenvalue weighted by atomic mass is 10.0. The van der Waals surface area contributed by atoms with Gasteiger partial charge in [0.25, 0.3) is 11.8 Å². The van der Waals surface area contributed by atoms with Crippen LogP contribution in [0.5, 0.6) is 0 Å². The first-order valence-electron chi connectivity index (χ1n) is 12.7. The van der Waals surface area contributed by atoms with Crippen LogP contribution in [0.2, 0.25) is 0 Å². The molecule has 0 radical (unpaired) electrons. The van der Waals surface area contributed by atoms with Gasteiger partial charge >= 0.3 is 6.18 Å². The van der Waals surface area contributed by atoms with Crippen molar-refractivity contribution >= 4 is 23.1 Å².